The van der Waals surface area contributed by atoms with Gasteiger partial charge in [-0.3, -0.25) is 14.5 Å². The topological polar surface area (TPSA) is 113 Å². The first-order valence-corrected chi connectivity index (χ1v) is 13.5. The summed E-state index contributed by atoms with van der Waals surface area (Å²) in [6.07, 6.45) is 8.00. The van der Waals surface area contributed by atoms with Gasteiger partial charge in [0, 0.05) is 18.7 Å². The molecule has 0 radical (unpaired) electrons. The summed E-state index contributed by atoms with van der Waals surface area (Å²) in [5.74, 6) is -0.252. The number of carbonyl (C=O) groups is 1. The molecule has 1 aliphatic rings. The number of nitrogens with one attached hydrogen (secondary N) is 2. The first-order valence-electron chi connectivity index (χ1n) is 11.5. The van der Waals surface area contributed by atoms with Crippen LogP contribution in [-0.2, 0) is 15.8 Å². The van der Waals surface area contributed by atoms with E-state index < -0.39 is 17.0 Å². The quantitative estimate of drug-likeness (QED) is 0.364. The number of benzene rings is 1. The molecule has 35 heavy (non-hydrogen) atoms. The standard InChI is InChI=1S/C23H28N4O2S2.C2H4O2/c1-15-9-11-19(14-24-15)27-31(28)21-13-17(10-12-20(21)29-3)22-16(2)25-23(30-22)26-18-7-5-4-6-8-18;1-2(3)4/h9-14,18,27H,4-8H2,1-3H3,(H,25,26);1H3,(H,3,4). The summed E-state index contributed by atoms with van der Waals surface area (Å²) < 4.78 is 21.6. The van der Waals surface area contributed by atoms with Gasteiger partial charge in [-0.25, -0.2) is 9.19 Å². The summed E-state index contributed by atoms with van der Waals surface area (Å²) in [7, 11) is 0.102. The number of ether oxygens (including phenoxy) is 1. The molecule has 0 amide bonds. The molecule has 3 aromatic rings. The molecule has 0 saturated heterocycles. The minimum absolute atomic E-state index is 0.512. The van der Waals surface area contributed by atoms with Crippen LogP contribution in [0.1, 0.15) is 50.4 Å². The Morgan fingerprint density at radius 3 is 2.51 bits per heavy atom. The van der Waals surface area contributed by atoms with Crippen LogP contribution < -0.4 is 14.8 Å². The number of aliphatic carboxylic acids is 1. The highest BCUT2D eigenvalue weighted by molar-refractivity contribution is 7.86. The van der Waals surface area contributed by atoms with E-state index in [-0.39, 0.29) is 0 Å². The maximum atomic E-state index is 13.1. The molecule has 1 aliphatic carbocycles. The highest BCUT2D eigenvalue weighted by atomic mass is 32.2. The van der Waals surface area contributed by atoms with E-state index in [1.165, 1.54) is 32.1 Å². The van der Waals surface area contributed by atoms with E-state index in [0.29, 0.717) is 22.4 Å². The predicted molar refractivity (Wildman–Crippen MR) is 142 cm³/mol. The number of hydrogen-bond donors (Lipinski definition) is 3. The van der Waals surface area contributed by atoms with Gasteiger partial charge >= 0.3 is 0 Å². The summed E-state index contributed by atoms with van der Waals surface area (Å²) >= 11 is 1.65. The van der Waals surface area contributed by atoms with E-state index in [2.05, 4.69) is 15.0 Å². The van der Waals surface area contributed by atoms with Gasteiger partial charge in [-0.2, -0.15) is 0 Å². The SMILES string of the molecule is CC(=O)O.COc1ccc(-c2sc(NC3CCCCC3)nc2C)cc1S(=O)Nc1ccc(C)nc1. The molecule has 2 aromatic heterocycles. The van der Waals surface area contributed by atoms with Gasteiger partial charge in [0.15, 0.2) is 16.1 Å². The van der Waals surface area contributed by atoms with Gasteiger partial charge in [-0.15, -0.1) is 0 Å². The van der Waals surface area contributed by atoms with E-state index in [0.717, 1.165) is 33.9 Å². The van der Waals surface area contributed by atoms with Crippen LogP contribution in [0, 0.1) is 13.8 Å². The normalized spacial score (nSPS) is 14.4. The van der Waals surface area contributed by atoms with Crippen molar-refractivity contribution < 1.29 is 18.8 Å². The molecule has 0 aliphatic heterocycles. The number of pyridine rings is 1. The van der Waals surface area contributed by atoms with Crippen LogP contribution in [0.5, 0.6) is 5.75 Å². The van der Waals surface area contributed by atoms with Gasteiger partial charge in [-0.05, 0) is 62.6 Å². The average molecular weight is 517 g/mol. The zero-order valence-electron chi connectivity index (χ0n) is 20.5. The lowest BCUT2D eigenvalue weighted by molar-refractivity contribution is -0.134. The molecule has 1 fully saturated rings. The molecule has 4 rings (SSSR count). The molecule has 188 valence electrons. The smallest absolute Gasteiger partial charge is 0.300 e. The van der Waals surface area contributed by atoms with Crippen LogP contribution in [0.15, 0.2) is 41.4 Å². The maximum Gasteiger partial charge on any atom is 0.300 e. The zero-order chi connectivity index (χ0) is 25.4. The lowest BCUT2D eigenvalue weighted by Crippen LogP contribution is -2.21. The Morgan fingerprint density at radius 1 is 1.17 bits per heavy atom. The second-order valence-electron chi connectivity index (χ2n) is 8.36. The fraction of sp³-hybridized carbons (Fsp3) is 0.400. The number of carboxylic acids is 1. The van der Waals surface area contributed by atoms with Crippen molar-refractivity contribution in [2.24, 2.45) is 0 Å². The molecule has 0 bridgehead atoms. The Bertz CT molecular complexity index is 1150. The predicted octanol–water partition coefficient (Wildman–Crippen LogP) is 5.80. The highest BCUT2D eigenvalue weighted by Gasteiger charge is 2.19. The molecule has 2 heterocycles. The Kier molecular flexibility index (Phi) is 9.62. The lowest BCUT2D eigenvalue weighted by atomic mass is 9.96. The first-order chi connectivity index (χ1) is 16.8. The van der Waals surface area contributed by atoms with E-state index in [9.17, 15) is 4.21 Å². The maximum absolute atomic E-state index is 13.1. The number of thiazole rings is 1. The molecule has 3 N–H and O–H groups in total. The van der Waals surface area contributed by atoms with Crippen LogP contribution in [0.4, 0.5) is 10.8 Å². The number of aryl methyl sites for hydroxylation is 2. The molecule has 0 spiro atoms. The van der Waals surface area contributed by atoms with Crippen molar-refractivity contribution in [2.45, 2.75) is 63.8 Å². The van der Waals surface area contributed by atoms with Crippen molar-refractivity contribution >= 4 is 39.1 Å². The number of nitrogens with zero attached hydrogens (tertiary/aromatic N) is 2. The Balaban J connectivity index is 0.000000795. The van der Waals surface area contributed by atoms with Gasteiger partial charge < -0.3 is 15.2 Å². The number of aromatic nitrogens is 2. The van der Waals surface area contributed by atoms with Crippen molar-refractivity contribution in [3.05, 3.63) is 47.9 Å². The molecular formula is C25H32N4O4S2. The Hall–Kier alpha value is -2.98. The molecule has 8 nitrogen and oxygen atoms in total. The van der Waals surface area contributed by atoms with Gasteiger partial charge in [0.25, 0.3) is 5.97 Å². The van der Waals surface area contributed by atoms with Crippen LogP contribution in [0.25, 0.3) is 10.4 Å². The van der Waals surface area contributed by atoms with E-state index in [1.807, 2.05) is 44.2 Å². The third-order valence-corrected chi connectivity index (χ3v) is 7.75. The van der Waals surface area contributed by atoms with E-state index in [4.69, 9.17) is 19.6 Å². The number of carboxylic acid groups (broad SMARTS) is 1. The van der Waals surface area contributed by atoms with Crippen molar-refractivity contribution in [1.82, 2.24) is 9.97 Å². The average Bonchev–Trinajstić information content (AvgIpc) is 3.20. The van der Waals surface area contributed by atoms with Crippen molar-refractivity contribution in [3.8, 4) is 16.2 Å². The van der Waals surface area contributed by atoms with Gasteiger partial charge in [-0.1, -0.05) is 30.6 Å². The van der Waals surface area contributed by atoms with Crippen molar-refractivity contribution in [3.63, 3.8) is 0 Å². The Morgan fingerprint density at radius 2 is 1.89 bits per heavy atom. The van der Waals surface area contributed by atoms with E-state index in [1.54, 1.807) is 24.6 Å². The second kappa shape index (κ2) is 12.6. The minimum Gasteiger partial charge on any atom is -0.495 e. The Labute approximate surface area is 212 Å². The molecule has 1 atom stereocenters. The number of rotatable bonds is 7. The minimum atomic E-state index is -1.49. The van der Waals surface area contributed by atoms with Gasteiger partial charge in [0.1, 0.15) is 10.6 Å². The summed E-state index contributed by atoms with van der Waals surface area (Å²) in [4.78, 5) is 19.7. The van der Waals surface area contributed by atoms with E-state index >= 15 is 0 Å². The largest absolute Gasteiger partial charge is 0.495 e. The summed E-state index contributed by atoms with van der Waals surface area (Å²) in [6.45, 7) is 5.02. The first kappa shape index (κ1) is 26.6. The number of anilines is 2. The van der Waals surface area contributed by atoms with Crippen LogP contribution in [0.3, 0.4) is 0 Å². The van der Waals surface area contributed by atoms with Gasteiger partial charge in [0.05, 0.1) is 29.6 Å². The molecule has 1 unspecified atom stereocenters. The number of methoxy groups -OCH3 is 1. The van der Waals surface area contributed by atoms with Crippen LogP contribution in [0.2, 0.25) is 0 Å². The molecule has 1 saturated carbocycles. The summed E-state index contributed by atoms with van der Waals surface area (Å²) in [5.41, 5.74) is 3.57. The lowest BCUT2D eigenvalue weighted by Gasteiger charge is -2.22. The fourth-order valence-electron chi connectivity index (χ4n) is 3.80. The second-order valence-corrected chi connectivity index (χ2v) is 10.5. The molecule has 1 aromatic carbocycles. The summed E-state index contributed by atoms with van der Waals surface area (Å²) in [6, 6.07) is 10.1. The summed E-state index contributed by atoms with van der Waals surface area (Å²) in [5, 5.41) is 12.0. The van der Waals surface area contributed by atoms with Gasteiger partial charge in [0.2, 0.25) is 0 Å². The van der Waals surface area contributed by atoms with Crippen molar-refractivity contribution in [1.29, 1.82) is 0 Å². The third-order valence-electron chi connectivity index (χ3n) is 5.48. The van der Waals surface area contributed by atoms with Crippen LogP contribution in [-0.4, -0.2) is 38.4 Å². The molecule has 10 heteroatoms. The fourth-order valence-corrected chi connectivity index (χ4v) is 5.85. The number of hydrogen-bond acceptors (Lipinski definition) is 7. The monoisotopic (exact) mass is 516 g/mol. The third kappa shape index (κ3) is 7.76. The van der Waals surface area contributed by atoms with Crippen LogP contribution >= 0.6 is 11.3 Å². The highest BCUT2D eigenvalue weighted by Crippen LogP contribution is 2.37. The van der Waals surface area contributed by atoms with Crippen molar-refractivity contribution in [2.75, 3.05) is 17.1 Å². The molecular weight excluding hydrogens is 484 g/mol. The zero-order valence-corrected chi connectivity index (χ0v) is 22.1.